The van der Waals surface area contributed by atoms with Gasteiger partial charge >= 0.3 is 0 Å². The highest BCUT2D eigenvalue weighted by Gasteiger charge is 2.56. The van der Waals surface area contributed by atoms with Crippen molar-refractivity contribution in [3.05, 3.63) is 64.7 Å². The number of Topliss-reactive ketones (excluding diaryl/α,β-unsaturated/α-hetero) is 1. The van der Waals surface area contributed by atoms with Gasteiger partial charge in [0.2, 0.25) is 0 Å². The average molecular weight is 403 g/mol. The molecule has 5 rings (SSSR count). The van der Waals surface area contributed by atoms with Crippen LogP contribution in [0.15, 0.2) is 48.0 Å². The van der Waals surface area contributed by atoms with Crippen LogP contribution < -0.4 is 9.47 Å². The van der Waals surface area contributed by atoms with Crippen LogP contribution in [0.4, 0.5) is 0 Å². The van der Waals surface area contributed by atoms with Crippen LogP contribution in [0.2, 0.25) is 0 Å². The number of ether oxygens (including phenoxy) is 2. The first-order valence-corrected chi connectivity index (χ1v) is 11.1. The number of benzene rings is 2. The maximum absolute atomic E-state index is 13.5. The normalized spacial score (nSPS) is 31.1. The van der Waals surface area contributed by atoms with Gasteiger partial charge in [-0.3, -0.25) is 4.79 Å². The molecule has 0 saturated heterocycles. The smallest absolute Gasteiger partial charge is 0.165 e. The van der Waals surface area contributed by atoms with Crippen LogP contribution in [0, 0.1) is 17.3 Å². The van der Waals surface area contributed by atoms with Gasteiger partial charge in [0.15, 0.2) is 5.78 Å². The first-order valence-electron chi connectivity index (χ1n) is 11.1. The van der Waals surface area contributed by atoms with Crippen molar-refractivity contribution < 1.29 is 14.3 Å². The predicted molar refractivity (Wildman–Crippen MR) is 119 cm³/mol. The van der Waals surface area contributed by atoms with Crippen molar-refractivity contribution >= 4 is 11.9 Å². The highest BCUT2D eigenvalue weighted by atomic mass is 16.5. The van der Waals surface area contributed by atoms with Gasteiger partial charge in [0.05, 0.1) is 14.2 Å². The van der Waals surface area contributed by atoms with E-state index in [1.165, 1.54) is 17.5 Å². The number of aryl methyl sites for hydroxylation is 1. The molecule has 0 amide bonds. The molecule has 0 aliphatic heterocycles. The molecular formula is C27H30O3. The maximum Gasteiger partial charge on any atom is 0.165 e. The third kappa shape index (κ3) is 2.98. The summed E-state index contributed by atoms with van der Waals surface area (Å²) in [5.41, 5.74) is 4.82. The van der Waals surface area contributed by atoms with E-state index in [1.54, 1.807) is 14.2 Å². The quantitative estimate of drug-likeness (QED) is 0.607. The molecule has 3 aliphatic rings. The van der Waals surface area contributed by atoms with Gasteiger partial charge in [0, 0.05) is 5.41 Å². The lowest BCUT2D eigenvalue weighted by Gasteiger charge is -2.48. The summed E-state index contributed by atoms with van der Waals surface area (Å²) >= 11 is 0. The van der Waals surface area contributed by atoms with Gasteiger partial charge in [0.25, 0.3) is 0 Å². The van der Waals surface area contributed by atoms with Crippen LogP contribution in [0.25, 0.3) is 6.08 Å². The molecule has 0 bridgehead atoms. The van der Waals surface area contributed by atoms with Crippen LogP contribution in [0.1, 0.15) is 55.2 Å². The van der Waals surface area contributed by atoms with Crippen molar-refractivity contribution in [1.82, 2.24) is 0 Å². The minimum absolute atomic E-state index is 0.205. The van der Waals surface area contributed by atoms with E-state index in [9.17, 15) is 4.79 Å². The van der Waals surface area contributed by atoms with Crippen LogP contribution >= 0.6 is 0 Å². The Morgan fingerprint density at radius 3 is 2.47 bits per heavy atom. The molecule has 3 nitrogen and oxygen atoms in total. The fraction of sp³-hybridized carbons (Fsp3) is 0.444. The Bertz CT molecular complexity index is 1000. The van der Waals surface area contributed by atoms with Crippen molar-refractivity contribution in [3.8, 4) is 11.5 Å². The summed E-state index contributed by atoms with van der Waals surface area (Å²) in [6.07, 6.45) is 7.39. The van der Waals surface area contributed by atoms with E-state index in [0.29, 0.717) is 23.5 Å². The van der Waals surface area contributed by atoms with Crippen LogP contribution in [0.5, 0.6) is 11.5 Å². The molecule has 0 N–H and O–H groups in total. The number of hydrogen-bond donors (Lipinski definition) is 0. The zero-order valence-electron chi connectivity index (χ0n) is 18.1. The topological polar surface area (TPSA) is 35.5 Å². The highest BCUT2D eigenvalue weighted by Crippen LogP contribution is 2.60. The lowest BCUT2D eigenvalue weighted by Crippen LogP contribution is -2.42. The summed E-state index contributed by atoms with van der Waals surface area (Å²) in [7, 11) is 3.41. The van der Waals surface area contributed by atoms with Gasteiger partial charge in [-0.25, -0.2) is 0 Å². The third-order valence-corrected chi connectivity index (χ3v) is 8.03. The number of carbonyl (C=O) groups excluding carboxylic acids is 1. The highest BCUT2D eigenvalue weighted by molar-refractivity contribution is 6.06. The van der Waals surface area contributed by atoms with E-state index in [2.05, 4.69) is 31.2 Å². The largest absolute Gasteiger partial charge is 0.497 e. The van der Waals surface area contributed by atoms with E-state index in [-0.39, 0.29) is 5.41 Å². The SMILES string of the molecule is COc1ccc(/C=C2\C[C@H]3[C@H]4CCc5cc(OC)ccc5[C@@H]4CC[C@@]3(C)C2=O)cc1. The Morgan fingerprint density at radius 1 is 1.00 bits per heavy atom. The van der Waals surface area contributed by atoms with E-state index in [0.717, 1.165) is 48.3 Å². The fourth-order valence-electron chi connectivity index (χ4n) is 6.39. The second-order valence-corrected chi connectivity index (χ2v) is 9.41. The minimum Gasteiger partial charge on any atom is -0.497 e. The zero-order valence-corrected chi connectivity index (χ0v) is 18.1. The lowest BCUT2D eigenvalue weighted by molar-refractivity contribution is -0.127. The molecule has 2 aromatic carbocycles. The number of rotatable bonds is 3. The van der Waals surface area contributed by atoms with Crippen LogP contribution in [0.3, 0.4) is 0 Å². The Kier molecular flexibility index (Phi) is 4.72. The molecular weight excluding hydrogens is 372 g/mol. The molecule has 30 heavy (non-hydrogen) atoms. The Morgan fingerprint density at radius 2 is 1.73 bits per heavy atom. The molecule has 0 spiro atoms. The van der Waals surface area contributed by atoms with Crippen molar-refractivity contribution in [2.45, 2.75) is 44.9 Å². The number of ketones is 1. The average Bonchev–Trinajstić information content (AvgIpc) is 3.04. The number of methoxy groups -OCH3 is 2. The number of carbonyl (C=O) groups is 1. The molecule has 156 valence electrons. The maximum atomic E-state index is 13.5. The molecule has 2 aromatic rings. The molecule has 0 unspecified atom stereocenters. The zero-order chi connectivity index (χ0) is 20.9. The van der Waals surface area contributed by atoms with Gasteiger partial charge in [-0.1, -0.05) is 25.1 Å². The number of hydrogen-bond acceptors (Lipinski definition) is 3. The summed E-state index contributed by atoms with van der Waals surface area (Å²) in [4.78, 5) is 13.5. The number of allylic oxidation sites excluding steroid dienone is 1. The van der Waals surface area contributed by atoms with Gasteiger partial charge in [-0.15, -0.1) is 0 Å². The molecule has 3 aliphatic carbocycles. The summed E-state index contributed by atoms with van der Waals surface area (Å²) in [6, 6.07) is 14.6. The Hall–Kier alpha value is -2.55. The standard InChI is InChI=1S/C27H30O3/c1-27-13-12-23-22-11-9-21(30-3)15-18(22)6-10-24(23)25(27)16-19(26(27)28)14-17-4-7-20(29-2)8-5-17/h4-5,7-9,11,14-15,23-25H,6,10,12-13,16H2,1-3H3/b19-14+/t23-,24-,25-,27+/m0/s1. The van der Waals surface area contributed by atoms with Crippen molar-refractivity contribution in [1.29, 1.82) is 0 Å². The lowest BCUT2D eigenvalue weighted by atomic mass is 9.55. The van der Waals surface area contributed by atoms with E-state index in [4.69, 9.17) is 9.47 Å². The Labute approximate surface area is 179 Å². The fourth-order valence-corrected chi connectivity index (χ4v) is 6.39. The van der Waals surface area contributed by atoms with Gasteiger partial charge in [-0.2, -0.15) is 0 Å². The first kappa shape index (κ1) is 19.4. The monoisotopic (exact) mass is 402 g/mol. The summed E-state index contributed by atoms with van der Waals surface area (Å²) in [5, 5.41) is 0. The van der Waals surface area contributed by atoms with Crippen molar-refractivity contribution in [2.24, 2.45) is 17.3 Å². The second kappa shape index (κ2) is 7.30. The molecule has 0 radical (unpaired) electrons. The Balaban J connectivity index is 1.45. The summed E-state index contributed by atoms with van der Waals surface area (Å²) in [5.74, 6) is 3.79. The van der Waals surface area contributed by atoms with Gasteiger partial charge in [-0.05, 0) is 102 Å². The first-order chi connectivity index (χ1) is 14.5. The van der Waals surface area contributed by atoms with E-state index >= 15 is 0 Å². The molecule has 0 aromatic heterocycles. The van der Waals surface area contributed by atoms with Crippen LogP contribution in [-0.4, -0.2) is 20.0 Å². The summed E-state index contributed by atoms with van der Waals surface area (Å²) < 4.78 is 10.7. The molecule has 0 heterocycles. The van der Waals surface area contributed by atoms with Crippen molar-refractivity contribution in [2.75, 3.05) is 14.2 Å². The van der Waals surface area contributed by atoms with Crippen LogP contribution in [-0.2, 0) is 11.2 Å². The minimum atomic E-state index is -0.205. The molecule has 3 heteroatoms. The van der Waals surface area contributed by atoms with E-state index in [1.807, 2.05) is 24.3 Å². The van der Waals surface area contributed by atoms with Crippen molar-refractivity contribution in [3.63, 3.8) is 0 Å². The third-order valence-electron chi connectivity index (χ3n) is 8.03. The molecule has 4 atom stereocenters. The number of fused-ring (bicyclic) bond motifs is 5. The molecule has 2 fully saturated rings. The predicted octanol–water partition coefficient (Wildman–Crippen LogP) is 5.82. The van der Waals surface area contributed by atoms with Gasteiger partial charge in [0.1, 0.15) is 11.5 Å². The second-order valence-electron chi connectivity index (χ2n) is 9.41. The molecule has 2 saturated carbocycles. The van der Waals surface area contributed by atoms with E-state index < -0.39 is 0 Å². The summed E-state index contributed by atoms with van der Waals surface area (Å²) in [6.45, 7) is 2.23. The van der Waals surface area contributed by atoms with Gasteiger partial charge < -0.3 is 9.47 Å².